The van der Waals surface area contributed by atoms with Gasteiger partial charge in [0.05, 0.1) is 24.7 Å². The van der Waals surface area contributed by atoms with E-state index in [1.165, 1.54) is 44.2 Å². The number of aliphatic hydroxyl groups is 1. The number of hydrogen-bond donors (Lipinski definition) is 3. The number of rotatable bonds is 7. The zero-order chi connectivity index (χ0) is 20.2. The average Bonchev–Trinajstić information content (AvgIpc) is 3.25. The fraction of sp³-hybridized carbons (Fsp3) is 0.682. The summed E-state index contributed by atoms with van der Waals surface area (Å²) in [6.07, 6.45) is 5.42. The van der Waals surface area contributed by atoms with Crippen LogP contribution in [0.5, 0.6) is 0 Å². The van der Waals surface area contributed by atoms with Crippen LogP contribution in [-0.2, 0) is 20.8 Å². The molecule has 4 rings (SSSR count). The molecule has 1 saturated carbocycles. The molecule has 2 heterocycles. The highest BCUT2D eigenvalue weighted by atomic mass is 19.1. The Morgan fingerprint density at radius 2 is 1.90 bits per heavy atom. The zero-order valence-electron chi connectivity index (χ0n) is 16.7. The maximum absolute atomic E-state index is 12.9. The number of carbonyl (C=O) groups is 1. The molecule has 1 aliphatic carbocycles. The lowest BCUT2D eigenvalue weighted by Crippen LogP contribution is -2.42. The summed E-state index contributed by atoms with van der Waals surface area (Å²) in [7, 11) is 0. The Labute approximate surface area is 171 Å². The van der Waals surface area contributed by atoms with Crippen LogP contribution in [0.1, 0.15) is 50.5 Å². The van der Waals surface area contributed by atoms with Gasteiger partial charge in [-0.25, -0.2) is 4.39 Å². The number of hydrogen-bond acceptors (Lipinski definition) is 5. The predicted molar refractivity (Wildman–Crippen MR) is 106 cm³/mol. The van der Waals surface area contributed by atoms with Crippen molar-refractivity contribution in [2.45, 2.75) is 88.1 Å². The van der Waals surface area contributed by atoms with Crippen LogP contribution >= 0.6 is 0 Å². The Kier molecular flexibility index (Phi) is 6.80. The van der Waals surface area contributed by atoms with Crippen LogP contribution in [0.25, 0.3) is 0 Å². The molecule has 29 heavy (non-hydrogen) atoms. The molecule has 1 amide bonds. The second-order valence-electron chi connectivity index (χ2n) is 8.51. The van der Waals surface area contributed by atoms with E-state index in [4.69, 9.17) is 9.47 Å². The van der Waals surface area contributed by atoms with E-state index in [1.54, 1.807) is 12.1 Å². The van der Waals surface area contributed by atoms with Gasteiger partial charge in [0, 0.05) is 25.6 Å². The molecule has 2 aliphatic heterocycles. The van der Waals surface area contributed by atoms with E-state index in [0.29, 0.717) is 25.6 Å². The Hall–Kier alpha value is -1.54. The lowest BCUT2D eigenvalue weighted by atomic mass is 9.95. The summed E-state index contributed by atoms with van der Waals surface area (Å²) in [6.45, 7) is 0.998. The third kappa shape index (κ3) is 5.34. The molecule has 0 spiro atoms. The lowest BCUT2D eigenvalue weighted by molar-refractivity contribution is -0.124. The summed E-state index contributed by atoms with van der Waals surface area (Å²) >= 11 is 0. The number of nitrogens with one attached hydrogen (secondary N) is 2. The molecule has 2 saturated heterocycles. The van der Waals surface area contributed by atoms with Crippen LogP contribution in [0.3, 0.4) is 0 Å². The Bertz CT molecular complexity index is 680. The molecule has 160 valence electrons. The molecule has 0 unspecified atom stereocenters. The first kappa shape index (κ1) is 20.7. The van der Waals surface area contributed by atoms with Crippen molar-refractivity contribution in [1.82, 2.24) is 10.6 Å². The van der Waals surface area contributed by atoms with E-state index in [-0.39, 0.29) is 42.6 Å². The summed E-state index contributed by atoms with van der Waals surface area (Å²) in [5, 5.41) is 17.0. The van der Waals surface area contributed by atoms with Gasteiger partial charge in [0.1, 0.15) is 18.0 Å². The van der Waals surface area contributed by atoms with Crippen molar-refractivity contribution in [2.24, 2.45) is 0 Å². The van der Waals surface area contributed by atoms with Gasteiger partial charge < -0.3 is 25.2 Å². The smallest absolute Gasteiger partial charge is 0.222 e. The second kappa shape index (κ2) is 9.51. The van der Waals surface area contributed by atoms with Crippen LogP contribution in [0.15, 0.2) is 24.3 Å². The average molecular weight is 406 g/mol. The normalized spacial score (nSPS) is 32.3. The minimum absolute atomic E-state index is 0.121. The number of amides is 1. The zero-order valence-corrected chi connectivity index (χ0v) is 16.7. The number of halogens is 1. The van der Waals surface area contributed by atoms with Crippen molar-refractivity contribution in [3.05, 3.63) is 35.6 Å². The van der Waals surface area contributed by atoms with E-state index in [9.17, 15) is 14.3 Å². The molecule has 7 heteroatoms. The number of carbonyl (C=O) groups excluding carboxylic acids is 1. The van der Waals surface area contributed by atoms with Crippen molar-refractivity contribution in [2.75, 3.05) is 6.54 Å². The molecular weight excluding hydrogens is 375 g/mol. The van der Waals surface area contributed by atoms with E-state index < -0.39 is 6.10 Å². The number of ether oxygens (including phenoxy) is 2. The van der Waals surface area contributed by atoms with Gasteiger partial charge in [0.2, 0.25) is 5.91 Å². The molecule has 0 bridgehead atoms. The van der Waals surface area contributed by atoms with Gasteiger partial charge >= 0.3 is 0 Å². The van der Waals surface area contributed by atoms with Gasteiger partial charge in [-0.1, -0.05) is 31.4 Å². The third-order valence-corrected chi connectivity index (χ3v) is 6.31. The minimum atomic E-state index is -0.664. The van der Waals surface area contributed by atoms with Crippen LogP contribution in [-0.4, -0.2) is 54.1 Å². The summed E-state index contributed by atoms with van der Waals surface area (Å²) in [5.41, 5.74) is 0.844. The minimum Gasteiger partial charge on any atom is -0.388 e. The van der Waals surface area contributed by atoms with Crippen LogP contribution in [0.2, 0.25) is 0 Å². The fourth-order valence-corrected chi connectivity index (χ4v) is 4.68. The van der Waals surface area contributed by atoms with Gasteiger partial charge in [-0.15, -0.1) is 0 Å². The maximum atomic E-state index is 12.9. The van der Waals surface area contributed by atoms with E-state index >= 15 is 0 Å². The second-order valence-corrected chi connectivity index (χ2v) is 8.51. The van der Waals surface area contributed by atoms with Gasteiger partial charge in [-0.2, -0.15) is 0 Å². The largest absolute Gasteiger partial charge is 0.388 e. The van der Waals surface area contributed by atoms with Crippen molar-refractivity contribution in [1.29, 1.82) is 0 Å². The molecular formula is C22H31FN2O4. The Balaban J connectivity index is 1.18. The van der Waals surface area contributed by atoms with E-state index in [0.717, 1.165) is 5.56 Å². The van der Waals surface area contributed by atoms with Crippen molar-refractivity contribution < 1.29 is 23.8 Å². The number of fused-ring (bicyclic) bond motifs is 1. The molecule has 3 fully saturated rings. The number of benzene rings is 1. The number of aliphatic hydroxyl groups excluding tert-OH is 1. The first-order valence-electron chi connectivity index (χ1n) is 10.8. The fourth-order valence-electron chi connectivity index (χ4n) is 4.68. The van der Waals surface area contributed by atoms with Crippen molar-refractivity contribution >= 4 is 5.91 Å². The first-order chi connectivity index (χ1) is 14.1. The summed E-state index contributed by atoms with van der Waals surface area (Å²) in [6, 6.07) is 6.58. The molecule has 3 aliphatic rings. The quantitative estimate of drug-likeness (QED) is 0.646. The summed E-state index contributed by atoms with van der Waals surface area (Å²) < 4.78 is 24.9. The molecule has 5 atom stereocenters. The molecule has 1 aromatic carbocycles. The van der Waals surface area contributed by atoms with Gasteiger partial charge in [-0.05, 0) is 30.5 Å². The monoisotopic (exact) mass is 406 g/mol. The van der Waals surface area contributed by atoms with Gasteiger partial charge in [-0.3, -0.25) is 4.79 Å². The van der Waals surface area contributed by atoms with E-state index in [1.807, 2.05) is 0 Å². The highest BCUT2D eigenvalue weighted by Crippen LogP contribution is 2.35. The lowest BCUT2D eigenvalue weighted by Gasteiger charge is -2.26. The first-order valence-corrected chi connectivity index (χ1v) is 10.8. The molecule has 1 aromatic rings. The van der Waals surface area contributed by atoms with Crippen molar-refractivity contribution in [3.8, 4) is 0 Å². The van der Waals surface area contributed by atoms with Crippen LogP contribution in [0, 0.1) is 5.82 Å². The van der Waals surface area contributed by atoms with Gasteiger partial charge in [0.25, 0.3) is 0 Å². The Morgan fingerprint density at radius 3 is 2.62 bits per heavy atom. The molecule has 0 aromatic heterocycles. The predicted octanol–water partition coefficient (Wildman–Crippen LogP) is 2.04. The highest BCUT2D eigenvalue weighted by Gasteiger charge is 2.50. The summed E-state index contributed by atoms with van der Waals surface area (Å²) in [5.74, 6) is -0.416. The van der Waals surface area contributed by atoms with Crippen LogP contribution < -0.4 is 10.6 Å². The highest BCUT2D eigenvalue weighted by molar-refractivity contribution is 5.76. The summed E-state index contributed by atoms with van der Waals surface area (Å²) in [4.78, 5) is 12.2. The molecule has 6 nitrogen and oxygen atoms in total. The van der Waals surface area contributed by atoms with Gasteiger partial charge in [0.15, 0.2) is 0 Å². The maximum Gasteiger partial charge on any atom is 0.222 e. The standard InChI is InChI=1S/C22H31FN2O4/c23-15-8-6-14(7-9-15)12-25-20(26)11-17-10-18-22(28-17)21(27)19(29-18)13-24-16-4-2-1-3-5-16/h6-9,16-19,21-22,24,27H,1-5,10-13H2,(H,25,26)/t17-,18-,19-,21-,22+/m1/s1. The topological polar surface area (TPSA) is 79.8 Å². The molecule has 3 N–H and O–H groups in total. The molecule has 0 radical (unpaired) electrons. The van der Waals surface area contributed by atoms with E-state index in [2.05, 4.69) is 10.6 Å². The van der Waals surface area contributed by atoms with Crippen LogP contribution in [0.4, 0.5) is 4.39 Å². The Morgan fingerprint density at radius 1 is 1.14 bits per heavy atom. The SMILES string of the molecule is O=C(C[C@H]1C[C@H]2O[C@H](CNC3CCCCC3)[C@@H](O)[C@H]2O1)NCc1ccc(F)cc1. The van der Waals surface area contributed by atoms with Crippen molar-refractivity contribution in [3.63, 3.8) is 0 Å². The third-order valence-electron chi connectivity index (χ3n) is 6.31.